The van der Waals surface area contributed by atoms with Crippen molar-refractivity contribution < 1.29 is 4.42 Å². The minimum atomic E-state index is -0.311. The van der Waals surface area contributed by atoms with Crippen LogP contribution in [-0.2, 0) is 5.41 Å². The van der Waals surface area contributed by atoms with Gasteiger partial charge in [-0.2, -0.15) is 0 Å². The van der Waals surface area contributed by atoms with E-state index in [4.69, 9.17) is 4.42 Å². The first kappa shape index (κ1) is 36.7. The zero-order valence-corrected chi connectivity index (χ0v) is 35.0. The van der Waals surface area contributed by atoms with E-state index < -0.39 is 0 Å². The summed E-state index contributed by atoms with van der Waals surface area (Å²) in [6.07, 6.45) is 6.42. The molecule has 2 aliphatic carbocycles. The first-order valence-electron chi connectivity index (χ1n) is 22.4. The van der Waals surface area contributed by atoms with Gasteiger partial charge in [0.25, 0.3) is 0 Å². The molecule has 298 valence electrons. The van der Waals surface area contributed by atoms with Crippen molar-refractivity contribution in [3.8, 4) is 33.4 Å². The molecule has 1 aromatic heterocycles. The Hall–Kier alpha value is -7.16. The summed E-state index contributed by atoms with van der Waals surface area (Å²) in [5, 5.41) is 4.90. The third-order valence-electron chi connectivity index (χ3n) is 14.2. The van der Waals surface area contributed by atoms with E-state index in [0.717, 1.165) is 44.6 Å². The number of para-hydroxylation sites is 4. The molecule has 9 aromatic carbocycles. The van der Waals surface area contributed by atoms with Crippen molar-refractivity contribution in [2.75, 3.05) is 4.90 Å². The number of hydrogen-bond donors (Lipinski definition) is 0. The van der Waals surface area contributed by atoms with Crippen LogP contribution in [0.5, 0.6) is 0 Å². The van der Waals surface area contributed by atoms with Gasteiger partial charge in [0.1, 0.15) is 5.58 Å². The fourth-order valence-corrected chi connectivity index (χ4v) is 11.2. The van der Waals surface area contributed by atoms with Crippen molar-refractivity contribution >= 4 is 49.8 Å². The van der Waals surface area contributed by atoms with Crippen molar-refractivity contribution in [1.29, 1.82) is 0 Å². The van der Waals surface area contributed by atoms with Crippen molar-refractivity contribution in [3.63, 3.8) is 0 Å². The lowest BCUT2D eigenvalue weighted by molar-refractivity contribution is 0.445. The second-order valence-electron chi connectivity index (χ2n) is 17.5. The average Bonchev–Trinajstić information content (AvgIpc) is 3.85. The minimum absolute atomic E-state index is 0.311. The molecule has 0 radical (unpaired) electrons. The molecule has 12 rings (SSSR count). The molecule has 1 atom stereocenters. The quantitative estimate of drug-likeness (QED) is 0.160. The molecular formula is C60H47NO. The Labute approximate surface area is 363 Å². The molecule has 2 heteroatoms. The normalized spacial score (nSPS) is 16.1. The van der Waals surface area contributed by atoms with Crippen LogP contribution in [0.2, 0.25) is 0 Å². The van der Waals surface area contributed by atoms with Crippen LogP contribution in [0.1, 0.15) is 67.2 Å². The Kier molecular flexibility index (Phi) is 8.74. The summed E-state index contributed by atoms with van der Waals surface area (Å²) in [5.74, 6) is 0.564. The number of nitrogens with zero attached hydrogens (tertiary/aromatic N) is 1. The van der Waals surface area contributed by atoms with Gasteiger partial charge in [0, 0.05) is 27.3 Å². The molecule has 62 heavy (non-hydrogen) atoms. The summed E-state index contributed by atoms with van der Waals surface area (Å²) < 4.78 is 6.90. The van der Waals surface area contributed by atoms with E-state index in [1.807, 2.05) is 0 Å². The summed E-state index contributed by atoms with van der Waals surface area (Å²) in [4.78, 5) is 2.48. The van der Waals surface area contributed by atoms with Gasteiger partial charge in [0.15, 0.2) is 5.58 Å². The minimum Gasteiger partial charge on any atom is -0.454 e. The number of hydrogen-bond acceptors (Lipinski definition) is 2. The second kappa shape index (κ2) is 14.8. The van der Waals surface area contributed by atoms with E-state index in [-0.39, 0.29) is 5.41 Å². The summed E-state index contributed by atoms with van der Waals surface area (Å²) in [7, 11) is 0. The molecule has 10 aromatic rings. The van der Waals surface area contributed by atoms with Gasteiger partial charge in [0.2, 0.25) is 0 Å². The van der Waals surface area contributed by atoms with Crippen LogP contribution in [-0.4, -0.2) is 0 Å². The number of rotatable bonds is 7. The van der Waals surface area contributed by atoms with Crippen LogP contribution in [0, 0.1) is 0 Å². The summed E-state index contributed by atoms with van der Waals surface area (Å²) >= 11 is 0. The smallest absolute Gasteiger partial charge is 0.159 e. The Bertz CT molecular complexity index is 3310. The number of furan rings is 1. The zero-order valence-electron chi connectivity index (χ0n) is 35.0. The van der Waals surface area contributed by atoms with Gasteiger partial charge in [-0.15, -0.1) is 0 Å². The molecule has 2 nitrogen and oxygen atoms in total. The molecule has 1 heterocycles. The number of anilines is 3. The lowest BCUT2D eigenvalue weighted by atomic mass is 9.74. The SMILES string of the molecule is CC1(c2ccccc2)c2ccccc2-c2ccc(-c3ccccc3N(c3ccccc3-c3cccc4cccc(C5CCCCC5)c34)c3cccc4c3oc3ccccc34)cc21. The van der Waals surface area contributed by atoms with Crippen molar-refractivity contribution in [1.82, 2.24) is 0 Å². The molecule has 0 amide bonds. The average molecular weight is 798 g/mol. The first-order valence-corrected chi connectivity index (χ1v) is 22.4. The fraction of sp³-hybridized carbons (Fsp3) is 0.133. The lowest BCUT2D eigenvalue weighted by Gasteiger charge is -2.31. The van der Waals surface area contributed by atoms with Crippen molar-refractivity contribution in [2.45, 2.75) is 50.4 Å². The summed E-state index contributed by atoms with van der Waals surface area (Å²) in [6.45, 7) is 2.40. The van der Waals surface area contributed by atoms with Gasteiger partial charge in [-0.3, -0.25) is 0 Å². The Morgan fingerprint density at radius 2 is 1.08 bits per heavy atom. The highest BCUT2D eigenvalue weighted by molar-refractivity contribution is 6.12. The van der Waals surface area contributed by atoms with Gasteiger partial charge >= 0.3 is 0 Å². The molecular weight excluding hydrogens is 751 g/mol. The topological polar surface area (TPSA) is 16.4 Å². The molecule has 1 fully saturated rings. The van der Waals surface area contributed by atoms with Crippen LogP contribution in [0.4, 0.5) is 17.1 Å². The lowest BCUT2D eigenvalue weighted by Crippen LogP contribution is -2.22. The van der Waals surface area contributed by atoms with Crippen molar-refractivity contribution in [3.05, 3.63) is 222 Å². The highest BCUT2D eigenvalue weighted by Crippen LogP contribution is 2.55. The maximum absolute atomic E-state index is 6.90. The van der Waals surface area contributed by atoms with Gasteiger partial charge in [-0.05, 0) is 111 Å². The van der Waals surface area contributed by atoms with Crippen LogP contribution in [0.15, 0.2) is 205 Å². The van der Waals surface area contributed by atoms with Gasteiger partial charge in [0.05, 0.1) is 17.1 Å². The fourth-order valence-electron chi connectivity index (χ4n) is 11.2. The van der Waals surface area contributed by atoms with Gasteiger partial charge < -0.3 is 9.32 Å². The third kappa shape index (κ3) is 5.70. The number of benzene rings is 9. The Morgan fingerprint density at radius 3 is 1.92 bits per heavy atom. The third-order valence-corrected chi connectivity index (χ3v) is 14.2. The molecule has 0 spiro atoms. The molecule has 1 unspecified atom stereocenters. The molecule has 0 N–H and O–H groups in total. The molecule has 2 aliphatic rings. The van der Waals surface area contributed by atoms with E-state index in [1.54, 1.807) is 0 Å². The molecule has 0 bridgehead atoms. The molecule has 1 saturated carbocycles. The summed E-state index contributed by atoms with van der Waals surface area (Å²) in [5.41, 5.74) is 17.5. The second-order valence-corrected chi connectivity index (χ2v) is 17.5. The predicted molar refractivity (Wildman–Crippen MR) is 260 cm³/mol. The Morgan fingerprint density at radius 1 is 0.468 bits per heavy atom. The summed E-state index contributed by atoms with van der Waals surface area (Å²) in [6, 6.07) is 74.0. The van der Waals surface area contributed by atoms with E-state index in [1.165, 1.54) is 92.9 Å². The highest BCUT2D eigenvalue weighted by atomic mass is 16.3. The highest BCUT2D eigenvalue weighted by Gasteiger charge is 2.41. The van der Waals surface area contributed by atoms with Crippen LogP contribution < -0.4 is 4.90 Å². The maximum atomic E-state index is 6.90. The predicted octanol–water partition coefficient (Wildman–Crippen LogP) is 16.9. The van der Waals surface area contributed by atoms with Crippen molar-refractivity contribution in [2.24, 2.45) is 0 Å². The maximum Gasteiger partial charge on any atom is 0.159 e. The number of fused-ring (bicyclic) bond motifs is 7. The van der Waals surface area contributed by atoms with Crippen LogP contribution in [0.25, 0.3) is 66.1 Å². The molecule has 0 aliphatic heterocycles. The largest absolute Gasteiger partial charge is 0.454 e. The standard InChI is InChI=1S/C60H47NO/c1-60(43-23-6-3-7-24-43)52-32-12-8-26-46(52)47-38-37-42(39-53(47)60)44-25-9-13-33-54(44)61(56-35-18-31-51-49-28-11-15-36-57(49)62-59(51)56)55-34-14-10-27-48(55)50-30-17-22-41-21-16-29-45(58(41)50)40-19-4-2-5-20-40/h3,6-18,21-40H,2,4-5,19-20H2,1H3. The molecule has 0 saturated heterocycles. The first-order chi connectivity index (χ1) is 30.7. The zero-order chi connectivity index (χ0) is 41.2. The monoisotopic (exact) mass is 797 g/mol. The Balaban J connectivity index is 1.11. The van der Waals surface area contributed by atoms with E-state index in [0.29, 0.717) is 5.92 Å². The van der Waals surface area contributed by atoms with Crippen LogP contribution in [0.3, 0.4) is 0 Å². The van der Waals surface area contributed by atoms with E-state index in [2.05, 4.69) is 212 Å². The van der Waals surface area contributed by atoms with Gasteiger partial charge in [-0.25, -0.2) is 0 Å². The van der Waals surface area contributed by atoms with E-state index in [9.17, 15) is 0 Å². The van der Waals surface area contributed by atoms with Gasteiger partial charge in [-0.1, -0.05) is 189 Å². The van der Waals surface area contributed by atoms with E-state index >= 15 is 0 Å². The van der Waals surface area contributed by atoms with Crippen LogP contribution >= 0.6 is 0 Å².